The molecule has 4 nitrogen and oxygen atoms in total. The van der Waals surface area contributed by atoms with Gasteiger partial charge in [-0.2, -0.15) is 5.10 Å². The molecule has 110 valence electrons. The Kier molecular flexibility index (Phi) is 7.75. The molecule has 19 heavy (non-hydrogen) atoms. The normalized spacial score (nSPS) is 13.1. The number of ether oxygens (including phenoxy) is 1. The second-order valence-electron chi connectivity index (χ2n) is 5.51. The fourth-order valence-corrected chi connectivity index (χ4v) is 1.78. The molecule has 1 N–H and O–H groups in total. The van der Waals surface area contributed by atoms with E-state index in [-0.39, 0.29) is 0 Å². The molecule has 0 bridgehead atoms. The van der Waals surface area contributed by atoms with E-state index in [0.717, 1.165) is 39.1 Å². The summed E-state index contributed by atoms with van der Waals surface area (Å²) < 4.78 is 7.57. The van der Waals surface area contributed by atoms with Gasteiger partial charge < -0.3 is 10.1 Å². The largest absolute Gasteiger partial charge is 0.380 e. The van der Waals surface area contributed by atoms with Gasteiger partial charge in [-0.25, -0.2) is 0 Å². The predicted octanol–water partition coefficient (Wildman–Crippen LogP) is 3.01. The summed E-state index contributed by atoms with van der Waals surface area (Å²) in [5.74, 6) is 0.710. The first kappa shape index (κ1) is 16.2. The lowest BCUT2D eigenvalue weighted by Gasteiger charge is -2.10. The molecule has 1 unspecified atom stereocenters. The van der Waals surface area contributed by atoms with E-state index in [0.29, 0.717) is 12.0 Å². The molecule has 0 aliphatic carbocycles. The van der Waals surface area contributed by atoms with Crippen LogP contribution >= 0.6 is 0 Å². The van der Waals surface area contributed by atoms with E-state index in [4.69, 9.17) is 4.74 Å². The summed E-state index contributed by atoms with van der Waals surface area (Å²) in [5.41, 5.74) is 1.25. The Morgan fingerprint density at radius 2 is 2.11 bits per heavy atom. The molecule has 0 aliphatic rings. The van der Waals surface area contributed by atoms with Gasteiger partial charge in [-0.05, 0) is 32.2 Å². The van der Waals surface area contributed by atoms with Crippen LogP contribution in [0.2, 0.25) is 0 Å². The Hall–Kier alpha value is -0.870. The minimum atomic E-state index is 0.371. The number of hydrogen-bond donors (Lipinski definition) is 1. The van der Waals surface area contributed by atoms with Gasteiger partial charge >= 0.3 is 0 Å². The predicted molar refractivity (Wildman–Crippen MR) is 79.2 cm³/mol. The third-order valence-electron chi connectivity index (χ3n) is 3.16. The van der Waals surface area contributed by atoms with Crippen molar-refractivity contribution >= 4 is 0 Å². The average molecular weight is 267 g/mol. The smallest absolute Gasteiger partial charge is 0.0662 e. The fourth-order valence-electron chi connectivity index (χ4n) is 1.78. The van der Waals surface area contributed by atoms with Crippen molar-refractivity contribution in [3.05, 3.63) is 18.0 Å². The number of hydrogen-bond acceptors (Lipinski definition) is 3. The molecule has 0 saturated heterocycles. The van der Waals surface area contributed by atoms with Crippen molar-refractivity contribution in [1.29, 1.82) is 0 Å². The highest BCUT2D eigenvalue weighted by atomic mass is 16.5. The monoisotopic (exact) mass is 267 g/mol. The summed E-state index contributed by atoms with van der Waals surface area (Å²) in [5, 5.41) is 7.84. The molecule has 0 radical (unpaired) electrons. The fraction of sp³-hybridized carbons (Fsp3) is 0.800. The molecule has 0 aromatic carbocycles. The Labute approximate surface area is 117 Å². The molecule has 0 fully saturated rings. The molecule has 0 spiro atoms. The van der Waals surface area contributed by atoms with Gasteiger partial charge in [0.2, 0.25) is 0 Å². The highest BCUT2D eigenvalue weighted by Gasteiger charge is 2.06. The van der Waals surface area contributed by atoms with E-state index >= 15 is 0 Å². The topological polar surface area (TPSA) is 39.1 Å². The second-order valence-corrected chi connectivity index (χ2v) is 5.51. The van der Waals surface area contributed by atoms with Crippen LogP contribution in [0.15, 0.2) is 12.4 Å². The zero-order valence-electron chi connectivity index (χ0n) is 12.9. The number of aromatic nitrogens is 2. The molecule has 1 aromatic rings. The second kappa shape index (κ2) is 9.10. The van der Waals surface area contributed by atoms with Crippen molar-refractivity contribution in [3.63, 3.8) is 0 Å². The summed E-state index contributed by atoms with van der Waals surface area (Å²) >= 11 is 0. The van der Waals surface area contributed by atoms with Crippen LogP contribution in [0.25, 0.3) is 0 Å². The van der Waals surface area contributed by atoms with E-state index in [1.807, 2.05) is 10.9 Å². The van der Waals surface area contributed by atoms with Crippen LogP contribution in [0.3, 0.4) is 0 Å². The van der Waals surface area contributed by atoms with Gasteiger partial charge in [0.25, 0.3) is 0 Å². The van der Waals surface area contributed by atoms with E-state index in [2.05, 4.69) is 44.3 Å². The van der Waals surface area contributed by atoms with Crippen molar-refractivity contribution in [3.8, 4) is 0 Å². The van der Waals surface area contributed by atoms with Crippen molar-refractivity contribution in [1.82, 2.24) is 15.1 Å². The van der Waals surface area contributed by atoms with Gasteiger partial charge in [0.15, 0.2) is 0 Å². The lowest BCUT2D eigenvalue weighted by atomic mass is 10.1. The summed E-state index contributed by atoms with van der Waals surface area (Å²) in [4.78, 5) is 0. The van der Waals surface area contributed by atoms with Crippen molar-refractivity contribution < 1.29 is 4.74 Å². The summed E-state index contributed by atoms with van der Waals surface area (Å²) in [6, 6.07) is 0.371. The zero-order chi connectivity index (χ0) is 14.1. The molecule has 0 saturated carbocycles. The van der Waals surface area contributed by atoms with Crippen LogP contribution in [-0.4, -0.2) is 29.5 Å². The quantitative estimate of drug-likeness (QED) is 0.662. The highest BCUT2D eigenvalue weighted by molar-refractivity contribution is 5.09. The number of nitrogens with one attached hydrogen (secondary N) is 1. The van der Waals surface area contributed by atoms with Gasteiger partial charge in [0.1, 0.15) is 0 Å². The van der Waals surface area contributed by atoms with Crippen LogP contribution in [0, 0.1) is 5.92 Å². The summed E-state index contributed by atoms with van der Waals surface area (Å²) in [6.07, 6.45) is 6.34. The Morgan fingerprint density at radius 3 is 2.79 bits per heavy atom. The number of rotatable bonds is 10. The minimum Gasteiger partial charge on any atom is -0.380 e. The van der Waals surface area contributed by atoms with Gasteiger partial charge in [-0.15, -0.1) is 0 Å². The van der Waals surface area contributed by atoms with Crippen LogP contribution in [0.1, 0.15) is 52.1 Å². The Bertz CT molecular complexity index is 336. The highest BCUT2D eigenvalue weighted by Crippen LogP contribution is 2.10. The van der Waals surface area contributed by atoms with Gasteiger partial charge in [0.05, 0.1) is 19.3 Å². The first-order valence-corrected chi connectivity index (χ1v) is 7.47. The molecule has 1 rings (SSSR count). The van der Waals surface area contributed by atoms with Crippen LogP contribution in [0.4, 0.5) is 0 Å². The van der Waals surface area contributed by atoms with E-state index < -0.39 is 0 Å². The van der Waals surface area contributed by atoms with E-state index in [1.165, 1.54) is 5.56 Å². The van der Waals surface area contributed by atoms with E-state index in [9.17, 15) is 0 Å². The lowest BCUT2D eigenvalue weighted by Crippen LogP contribution is -2.18. The number of nitrogens with zero attached hydrogens (tertiary/aromatic N) is 2. The molecule has 1 heterocycles. The van der Waals surface area contributed by atoms with Crippen molar-refractivity contribution in [2.45, 2.75) is 53.1 Å². The maximum atomic E-state index is 5.61. The Balaban J connectivity index is 2.23. The van der Waals surface area contributed by atoms with Crippen molar-refractivity contribution in [2.24, 2.45) is 5.92 Å². The third-order valence-corrected chi connectivity index (χ3v) is 3.16. The first-order valence-electron chi connectivity index (χ1n) is 7.47. The van der Waals surface area contributed by atoms with Crippen LogP contribution in [0.5, 0.6) is 0 Å². The first-order chi connectivity index (χ1) is 9.13. The molecule has 4 heteroatoms. The maximum Gasteiger partial charge on any atom is 0.0662 e. The lowest BCUT2D eigenvalue weighted by molar-refractivity contribution is 0.114. The maximum absolute atomic E-state index is 5.61. The summed E-state index contributed by atoms with van der Waals surface area (Å²) in [6.45, 7) is 12.3. The average Bonchev–Trinajstić information content (AvgIpc) is 2.84. The van der Waals surface area contributed by atoms with Gasteiger partial charge in [-0.3, -0.25) is 4.68 Å². The SMILES string of the molecule is CCCNC(C)c1cnn(CCOCCC(C)C)c1. The van der Waals surface area contributed by atoms with Crippen molar-refractivity contribution in [2.75, 3.05) is 19.8 Å². The Morgan fingerprint density at radius 1 is 1.32 bits per heavy atom. The van der Waals surface area contributed by atoms with Gasteiger partial charge in [0, 0.05) is 24.4 Å². The standard InChI is InChI=1S/C15H29N3O/c1-5-7-16-14(4)15-11-17-18(12-15)8-10-19-9-6-13(2)3/h11-14,16H,5-10H2,1-4H3. The minimum absolute atomic E-state index is 0.371. The molecular weight excluding hydrogens is 238 g/mol. The third kappa shape index (κ3) is 6.73. The molecule has 0 amide bonds. The molecule has 1 aromatic heterocycles. The zero-order valence-corrected chi connectivity index (χ0v) is 12.9. The molecule has 0 aliphatic heterocycles. The van der Waals surface area contributed by atoms with Crippen LogP contribution in [-0.2, 0) is 11.3 Å². The molecular formula is C15H29N3O. The summed E-state index contributed by atoms with van der Waals surface area (Å²) in [7, 11) is 0. The van der Waals surface area contributed by atoms with Crippen LogP contribution < -0.4 is 5.32 Å². The van der Waals surface area contributed by atoms with E-state index in [1.54, 1.807) is 0 Å². The van der Waals surface area contributed by atoms with Gasteiger partial charge in [-0.1, -0.05) is 20.8 Å². The molecule has 1 atom stereocenters.